The summed E-state index contributed by atoms with van der Waals surface area (Å²) < 4.78 is 5.82. The Bertz CT molecular complexity index is 736. The third-order valence-electron chi connectivity index (χ3n) is 4.48. The molecule has 25 heavy (non-hydrogen) atoms. The number of hydrogen-bond acceptors (Lipinski definition) is 5. The molecule has 0 aliphatic carbocycles. The topological polar surface area (TPSA) is 49.6 Å². The summed E-state index contributed by atoms with van der Waals surface area (Å²) in [7, 11) is 2.09. The molecule has 1 aliphatic rings. The molecule has 0 saturated carbocycles. The van der Waals surface area contributed by atoms with Crippen LogP contribution in [0.1, 0.15) is 17.0 Å². The Labute approximate surface area is 153 Å². The lowest BCUT2D eigenvalue weighted by Crippen LogP contribution is -2.47. The second kappa shape index (κ2) is 8.06. The molecule has 0 spiro atoms. The number of amides is 1. The number of aryl methyl sites for hydroxylation is 2. The monoisotopic (exact) mass is 359 g/mol. The van der Waals surface area contributed by atoms with Gasteiger partial charge in [0.05, 0.1) is 11.4 Å². The molecule has 2 heterocycles. The van der Waals surface area contributed by atoms with Gasteiger partial charge in [0.15, 0.2) is 0 Å². The summed E-state index contributed by atoms with van der Waals surface area (Å²) in [6, 6.07) is 8.14. The molecule has 0 bridgehead atoms. The zero-order chi connectivity index (χ0) is 17.8. The van der Waals surface area contributed by atoms with Gasteiger partial charge in [-0.3, -0.25) is 4.79 Å². The first kappa shape index (κ1) is 18.0. The molecule has 6 heteroatoms. The summed E-state index contributed by atoms with van der Waals surface area (Å²) in [5.74, 6) is 2.90. The Kier molecular flexibility index (Phi) is 5.81. The Morgan fingerprint density at radius 1 is 1.24 bits per heavy atom. The molecule has 1 aromatic carbocycles. The van der Waals surface area contributed by atoms with Crippen molar-refractivity contribution in [1.82, 2.24) is 14.8 Å². The molecule has 134 valence electrons. The predicted octanol–water partition coefficient (Wildman–Crippen LogP) is 2.97. The summed E-state index contributed by atoms with van der Waals surface area (Å²) in [5.41, 5.74) is 3.10. The van der Waals surface area contributed by atoms with Crippen molar-refractivity contribution in [1.29, 1.82) is 0 Å². The number of rotatable bonds is 5. The van der Waals surface area contributed by atoms with E-state index in [9.17, 15) is 4.79 Å². The van der Waals surface area contributed by atoms with Crippen LogP contribution in [0.2, 0.25) is 0 Å². The van der Waals surface area contributed by atoms with Gasteiger partial charge < -0.3 is 14.2 Å². The smallest absolute Gasteiger partial charge is 0.232 e. The molecule has 3 rings (SSSR count). The first-order valence-electron chi connectivity index (χ1n) is 8.60. The van der Waals surface area contributed by atoms with Crippen LogP contribution in [-0.2, 0) is 10.5 Å². The van der Waals surface area contributed by atoms with Crippen LogP contribution in [0.25, 0.3) is 11.5 Å². The number of likely N-dealkylation sites (N-methyl/N-ethyl adjacent to an activating group) is 1. The highest BCUT2D eigenvalue weighted by Gasteiger charge is 2.19. The number of hydrogen-bond donors (Lipinski definition) is 0. The first-order chi connectivity index (χ1) is 12.0. The molecule has 0 N–H and O–H groups in total. The molecule has 0 radical (unpaired) electrons. The quantitative estimate of drug-likeness (QED) is 0.821. The fourth-order valence-electron chi connectivity index (χ4n) is 2.85. The Balaban J connectivity index is 1.54. The number of oxazole rings is 1. The van der Waals surface area contributed by atoms with E-state index in [1.807, 2.05) is 24.0 Å². The van der Waals surface area contributed by atoms with Crippen LogP contribution in [-0.4, -0.2) is 59.7 Å². The molecule has 1 amide bonds. The third-order valence-corrected chi connectivity index (χ3v) is 5.41. The van der Waals surface area contributed by atoms with E-state index in [-0.39, 0.29) is 5.91 Å². The molecule has 1 aromatic heterocycles. The number of piperazine rings is 1. The maximum Gasteiger partial charge on any atom is 0.232 e. The molecule has 1 aliphatic heterocycles. The molecule has 1 saturated heterocycles. The van der Waals surface area contributed by atoms with E-state index in [2.05, 4.69) is 36.0 Å². The standard InChI is InChI=1S/C19H25N3O2S/c1-14-5-4-6-16(11-14)19-20-17(15(2)24-19)12-25-13-18(23)22-9-7-21(3)8-10-22/h4-6,11H,7-10,12-13H2,1-3H3. The molecular formula is C19H25N3O2S. The van der Waals surface area contributed by atoms with Crippen LogP contribution in [0.3, 0.4) is 0 Å². The van der Waals surface area contributed by atoms with E-state index in [1.165, 1.54) is 5.56 Å². The van der Waals surface area contributed by atoms with Crippen molar-refractivity contribution in [2.75, 3.05) is 39.0 Å². The highest BCUT2D eigenvalue weighted by molar-refractivity contribution is 7.99. The van der Waals surface area contributed by atoms with Crippen LogP contribution in [0.5, 0.6) is 0 Å². The number of benzene rings is 1. The highest BCUT2D eigenvalue weighted by Crippen LogP contribution is 2.25. The van der Waals surface area contributed by atoms with Gasteiger partial charge in [-0.05, 0) is 33.0 Å². The van der Waals surface area contributed by atoms with Gasteiger partial charge in [-0.1, -0.05) is 17.7 Å². The van der Waals surface area contributed by atoms with Gasteiger partial charge in [0.1, 0.15) is 5.76 Å². The number of carbonyl (C=O) groups excluding carboxylic acids is 1. The normalized spacial score (nSPS) is 15.6. The SMILES string of the molecule is Cc1cccc(-c2nc(CSCC(=O)N3CCN(C)CC3)c(C)o2)c1. The van der Waals surface area contributed by atoms with E-state index < -0.39 is 0 Å². The van der Waals surface area contributed by atoms with Crippen LogP contribution >= 0.6 is 11.8 Å². The first-order valence-corrected chi connectivity index (χ1v) is 9.76. The van der Waals surface area contributed by atoms with Crippen molar-refractivity contribution in [3.05, 3.63) is 41.3 Å². The minimum Gasteiger partial charge on any atom is -0.441 e. The van der Waals surface area contributed by atoms with Crippen LogP contribution in [0.4, 0.5) is 0 Å². The van der Waals surface area contributed by atoms with Gasteiger partial charge in [0.25, 0.3) is 0 Å². The van der Waals surface area contributed by atoms with Crippen molar-refractivity contribution in [2.24, 2.45) is 0 Å². The van der Waals surface area contributed by atoms with Crippen LogP contribution in [0.15, 0.2) is 28.7 Å². The van der Waals surface area contributed by atoms with Gasteiger partial charge in [-0.15, -0.1) is 11.8 Å². The van der Waals surface area contributed by atoms with Gasteiger partial charge >= 0.3 is 0 Å². The third kappa shape index (κ3) is 4.64. The maximum absolute atomic E-state index is 12.3. The van der Waals surface area contributed by atoms with Gasteiger partial charge in [-0.2, -0.15) is 0 Å². The zero-order valence-corrected chi connectivity index (χ0v) is 15.9. The molecular weight excluding hydrogens is 334 g/mol. The van der Waals surface area contributed by atoms with E-state index in [0.29, 0.717) is 17.4 Å². The Morgan fingerprint density at radius 2 is 2.00 bits per heavy atom. The van der Waals surface area contributed by atoms with E-state index >= 15 is 0 Å². The van der Waals surface area contributed by atoms with Gasteiger partial charge in [0, 0.05) is 37.5 Å². The van der Waals surface area contributed by atoms with Crippen molar-refractivity contribution in [2.45, 2.75) is 19.6 Å². The van der Waals surface area contributed by atoms with Crippen molar-refractivity contribution in [3.63, 3.8) is 0 Å². The van der Waals surface area contributed by atoms with Crippen LogP contribution in [0, 0.1) is 13.8 Å². The van der Waals surface area contributed by atoms with E-state index in [1.54, 1.807) is 11.8 Å². The minimum absolute atomic E-state index is 0.221. The summed E-state index contributed by atoms with van der Waals surface area (Å²) in [6.07, 6.45) is 0. The van der Waals surface area contributed by atoms with Crippen molar-refractivity contribution >= 4 is 17.7 Å². The average molecular weight is 359 g/mol. The Morgan fingerprint density at radius 3 is 2.72 bits per heavy atom. The summed E-state index contributed by atoms with van der Waals surface area (Å²) >= 11 is 1.61. The number of carbonyl (C=O) groups is 1. The lowest BCUT2D eigenvalue weighted by molar-refractivity contribution is -0.129. The lowest BCUT2D eigenvalue weighted by atomic mass is 10.1. The predicted molar refractivity (Wildman–Crippen MR) is 102 cm³/mol. The molecule has 0 unspecified atom stereocenters. The van der Waals surface area contributed by atoms with Crippen molar-refractivity contribution < 1.29 is 9.21 Å². The maximum atomic E-state index is 12.3. The average Bonchev–Trinajstić information content (AvgIpc) is 2.96. The fraction of sp³-hybridized carbons (Fsp3) is 0.474. The molecule has 2 aromatic rings. The zero-order valence-electron chi connectivity index (χ0n) is 15.1. The number of nitrogens with zero attached hydrogens (tertiary/aromatic N) is 3. The summed E-state index contributed by atoms with van der Waals surface area (Å²) in [4.78, 5) is 21.1. The van der Waals surface area contributed by atoms with Crippen LogP contribution < -0.4 is 0 Å². The number of thioether (sulfide) groups is 1. The lowest BCUT2D eigenvalue weighted by Gasteiger charge is -2.32. The fourth-order valence-corrected chi connectivity index (χ4v) is 3.77. The highest BCUT2D eigenvalue weighted by atomic mass is 32.2. The molecule has 0 atom stereocenters. The second-order valence-electron chi connectivity index (χ2n) is 6.57. The van der Waals surface area contributed by atoms with Gasteiger partial charge in [0.2, 0.25) is 11.8 Å². The minimum atomic E-state index is 0.221. The van der Waals surface area contributed by atoms with Gasteiger partial charge in [-0.25, -0.2) is 4.98 Å². The summed E-state index contributed by atoms with van der Waals surface area (Å²) in [5, 5.41) is 0. The van der Waals surface area contributed by atoms with Crippen molar-refractivity contribution in [3.8, 4) is 11.5 Å². The van der Waals surface area contributed by atoms with E-state index in [4.69, 9.17) is 4.42 Å². The second-order valence-corrected chi connectivity index (χ2v) is 7.55. The number of aromatic nitrogens is 1. The van der Waals surface area contributed by atoms with E-state index in [0.717, 1.165) is 43.2 Å². The Hall–Kier alpha value is -1.79. The molecule has 1 fully saturated rings. The molecule has 5 nitrogen and oxygen atoms in total. The summed E-state index contributed by atoms with van der Waals surface area (Å²) in [6.45, 7) is 7.56. The largest absolute Gasteiger partial charge is 0.441 e.